The first-order valence-corrected chi connectivity index (χ1v) is 8.66. The van der Waals surface area contributed by atoms with E-state index in [4.69, 9.17) is 4.74 Å². The van der Waals surface area contributed by atoms with Gasteiger partial charge in [0.1, 0.15) is 17.8 Å². The highest BCUT2D eigenvalue weighted by Gasteiger charge is 2.36. The fraction of sp³-hybridized carbons (Fsp3) is 0.600. The molecule has 1 aromatic carbocycles. The Morgan fingerprint density at radius 1 is 1.13 bits per heavy atom. The molecule has 1 aliphatic carbocycles. The van der Waals surface area contributed by atoms with Crippen LogP contribution in [0.2, 0.25) is 0 Å². The van der Waals surface area contributed by atoms with E-state index in [-0.39, 0.29) is 11.9 Å². The van der Waals surface area contributed by atoms with Crippen LogP contribution in [0, 0.1) is 17.8 Å². The third kappa shape index (κ3) is 4.43. The first kappa shape index (κ1) is 17.7. The van der Waals surface area contributed by atoms with Gasteiger partial charge in [-0.2, -0.15) is 0 Å². The molecule has 23 heavy (non-hydrogen) atoms. The number of esters is 1. The zero-order valence-corrected chi connectivity index (χ0v) is 14.6. The summed E-state index contributed by atoms with van der Waals surface area (Å²) in [7, 11) is 0. The summed E-state index contributed by atoms with van der Waals surface area (Å²) in [6.45, 7) is 8.03. The van der Waals surface area contributed by atoms with Crippen LogP contribution in [0.4, 0.5) is 0 Å². The van der Waals surface area contributed by atoms with Crippen molar-refractivity contribution in [3.63, 3.8) is 0 Å². The van der Waals surface area contributed by atoms with Gasteiger partial charge < -0.3 is 4.74 Å². The standard InChI is InChI=1S/C20H28O3/c1-13(2)17-11-10-14(3)12-18(17)23-20(22)19(15(4)21)16-8-6-5-7-9-16/h5-9,13-14,17-19H,10-12H2,1-4H3. The summed E-state index contributed by atoms with van der Waals surface area (Å²) < 4.78 is 5.85. The van der Waals surface area contributed by atoms with Gasteiger partial charge in [0.25, 0.3) is 0 Å². The number of hydrogen-bond donors (Lipinski definition) is 0. The molecule has 0 spiro atoms. The maximum Gasteiger partial charge on any atom is 0.321 e. The highest BCUT2D eigenvalue weighted by molar-refractivity contribution is 6.03. The number of carbonyl (C=O) groups is 2. The van der Waals surface area contributed by atoms with Gasteiger partial charge in [-0.15, -0.1) is 0 Å². The second-order valence-electron chi connectivity index (χ2n) is 7.26. The van der Waals surface area contributed by atoms with Gasteiger partial charge in [0.05, 0.1) is 0 Å². The number of rotatable bonds is 5. The summed E-state index contributed by atoms with van der Waals surface area (Å²) in [5, 5.41) is 0. The Kier molecular flexibility index (Phi) is 5.97. The number of ether oxygens (including phenoxy) is 1. The SMILES string of the molecule is CC(=O)C(C(=O)OC1CC(C)CCC1C(C)C)c1ccccc1. The van der Waals surface area contributed by atoms with Crippen LogP contribution in [0.5, 0.6) is 0 Å². The molecule has 0 amide bonds. The van der Waals surface area contributed by atoms with Crippen molar-refractivity contribution in [2.45, 2.75) is 59.0 Å². The van der Waals surface area contributed by atoms with E-state index in [1.165, 1.54) is 13.3 Å². The molecule has 4 atom stereocenters. The predicted octanol–water partition coefficient (Wildman–Crippen LogP) is 4.36. The zero-order chi connectivity index (χ0) is 17.0. The predicted molar refractivity (Wildman–Crippen MR) is 91.1 cm³/mol. The quantitative estimate of drug-likeness (QED) is 0.598. The van der Waals surface area contributed by atoms with Crippen LogP contribution in [0.15, 0.2) is 30.3 Å². The van der Waals surface area contributed by atoms with Crippen molar-refractivity contribution in [3.8, 4) is 0 Å². The minimum Gasteiger partial charge on any atom is -0.461 e. The second-order valence-corrected chi connectivity index (χ2v) is 7.26. The third-order valence-corrected chi connectivity index (χ3v) is 5.00. The molecule has 1 fully saturated rings. The maximum absolute atomic E-state index is 12.7. The lowest BCUT2D eigenvalue weighted by atomic mass is 9.75. The molecule has 1 aliphatic rings. The van der Waals surface area contributed by atoms with Crippen LogP contribution in [0.3, 0.4) is 0 Å². The third-order valence-electron chi connectivity index (χ3n) is 5.00. The van der Waals surface area contributed by atoms with Gasteiger partial charge in [0.2, 0.25) is 0 Å². The van der Waals surface area contributed by atoms with Crippen molar-refractivity contribution in [2.75, 3.05) is 0 Å². The van der Waals surface area contributed by atoms with Gasteiger partial charge >= 0.3 is 5.97 Å². The Hall–Kier alpha value is -1.64. The molecule has 0 saturated heterocycles. The van der Waals surface area contributed by atoms with E-state index >= 15 is 0 Å². The largest absolute Gasteiger partial charge is 0.461 e. The first-order valence-electron chi connectivity index (χ1n) is 8.66. The Labute approximate surface area is 139 Å². The summed E-state index contributed by atoms with van der Waals surface area (Å²) in [5.74, 6) is 0.0717. The minimum atomic E-state index is -0.804. The smallest absolute Gasteiger partial charge is 0.321 e. The van der Waals surface area contributed by atoms with E-state index in [0.717, 1.165) is 18.4 Å². The van der Waals surface area contributed by atoms with Crippen molar-refractivity contribution >= 4 is 11.8 Å². The lowest BCUT2D eigenvalue weighted by molar-refractivity contribution is -0.159. The molecule has 4 unspecified atom stereocenters. The second kappa shape index (κ2) is 7.76. The molecule has 126 valence electrons. The Bertz CT molecular complexity index is 535. The Morgan fingerprint density at radius 3 is 2.35 bits per heavy atom. The van der Waals surface area contributed by atoms with Gasteiger partial charge in [-0.3, -0.25) is 9.59 Å². The van der Waals surface area contributed by atoms with E-state index in [9.17, 15) is 9.59 Å². The van der Waals surface area contributed by atoms with E-state index in [1.54, 1.807) is 0 Å². The number of ketones is 1. The highest BCUT2D eigenvalue weighted by Crippen LogP contribution is 2.36. The normalized spacial score (nSPS) is 25.9. The monoisotopic (exact) mass is 316 g/mol. The molecule has 2 rings (SSSR count). The average molecular weight is 316 g/mol. The summed E-state index contributed by atoms with van der Waals surface area (Å²) in [6.07, 6.45) is 3.10. The zero-order valence-electron chi connectivity index (χ0n) is 14.6. The van der Waals surface area contributed by atoms with Crippen LogP contribution in [0.25, 0.3) is 0 Å². The van der Waals surface area contributed by atoms with Gasteiger partial charge in [-0.05, 0) is 43.1 Å². The van der Waals surface area contributed by atoms with Crippen molar-refractivity contribution in [1.82, 2.24) is 0 Å². The molecule has 0 radical (unpaired) electrons. The summed E-state index contributed by atoms with van der Waals surface area (Å²) in [4.78, 5) is 24.7. The highest BCUT2D eigenvalue weighted by atomic mass is 16.5. The van der Waals surface area contributed by atoms with E-state index < -0.39 is 11.9 Å². The Morgan fingerprint density at radius 2 is 1.78 bits per heavy atom. The Balaban J connectivity index is 2.15. The minimum absolute atomic E-state index is 0.0724. The fourth-order valence-corrected chi connectivity index (χ4v) is 3.65. The summed E-state index contributed by atoms with van der Waals surface area (Å²) in [6, 6.07) is 9.20. The van der Waals surface area contributed by atoms with E-state index in [0.29, 0.717) is 17.8 Å². The lowest BCUT2D eigenvalue weighted by Gasteiger charge is -2.37. The number of benzene rings is 1. The van der Waals surface area contributed by atoms with Gasteiger partial charge in [0, 0.05) is 0 Å². The van der Waals surface area contributed by atoms with Crippen molar-refractivity contribution in [3.05, 3.63) is 35.9 Å². The van der Waals surface area contributed by atoms with Crippen LogP contribution >= 0.6 is 0 Å². The molecular formula is C20H28O3. The molecule has 0 N–H and O–H groups in total. The molecule has 0 aliphatic heterocycles. The number of Topliss-reactive ketones (excluding diaryl/α,β-unsaturated/α-hetero) is 1. The van der Waals surface area contributed by atoms with Gasteiger partial charge in [-0.25, -0.2) is 0 Å². The van der Waals surface area contributed by atoms with Crippen LogP contribution in [-0.2, 0) is 14.3 Å². The van der Waals surface area contributed by atoms with Crippen LogP contribution in [-0.4, -0.2) is 17.9 Å². The summed E-state index contributed by atoms with van der Waals surface area (Å²) in [5.41, 5.74) is 0.718. The molecular weight excluding hydrogens is 288 g/mol. The maximum atomic E-state index is 12.7. The van der Waals surface area contributed by atoms with Crippen LogP contribution < -0.4 is 0 Å². The number of carbonyl (C=O) groups excluding carboxylic acids is 2. The molecule has 0 heterocycles. The topological polar surface area (TPSA) is 43.4 Å². The number of hydrogen-bond acceptors (Lipinski definition) is 3. The van der Waals surface area contributed by atoms with Gasteiger partial charge in [-0.1, -0.05) is 57.5 Å². The summed E-state index contributed by atoms with van der Waals surface area (Å²) >= 11 is 0. The fourth-order valence-electron chi connectivity index (χ4n) is 3.65. The molecule has 3 heteroatoms. The van der Waals surface area contributed by atoms with Gasteiger partial charge in [0.15, 0.2) is 0 Å². The van der Waals surface area contributed by atoms with Crippen LogP contribution in [0.1, 0.15) is 58.4 Å². The first-order chi connectivity index (χ1) is 10.9. The van der Waals surface area contributed by atoms with Crippen molar-refractivity contribution in [1.29, 1.82) is 0 Å². The molecule has 1 saturated carbocycles. The molecule has 3 nitrogen and oxygen atoms in total. The average Bonchev–Trinajstić information content (AvgIpc) is 2.47. The van der Waals surface area contributed by atoms with Crippen molar-refractivity contribution in [2.24, 2.45) is 17.8 Å². The van der Waals surface area contributed by atoms with E-state index in [2.05, 4.69) is 20.8 Å². The van der Waals surface area contributed by atoms with Crippen molar-refractivity contribution < 1.29 is 14.3 Å². The molecule has 0 bridgehead atoms. The molecule has 1 aromatic rings. The lowest BCUT2D eigenvalue weighted by Crippen LogP contribution is -2.37. The van der Waals surface area contributed by atoms with E-state index in [1.807, 2.05) is 30.3 Å². The molecule has 0 aromatic heterocycles.